The van der Waals surface area contributed by atoms with Gasteiger partial charge in [0.25, 0.3) is 0 Å². The van der Waals surface area contributed by atoms with E-state index in [1.54, 1.807) is 12.3 Å². The number of nitrogens with zero attached hydrogens (tertiary/aromatic N) is 3. The van der Waals surface area contributed by atoms with Crippen molar-refractivity contribution < 1.29 is 18.7 Å². The van der Waals surface area contributed by atoms with E-state index in [2.05, 4.69) is 21.3 Å². The third-order valence-corrected chi connectivity index (χ3v) is 8.84. The lowest BCUT2D eigenvalue weighted by Gasteiger charge is -2.36. The second-order valence-corrected chi connectivity index (χ2v) is 11.2. The van der Waals surface area contributed by atoms with Crippen LogP contribution in [0.3, 0.4) is 0 Å². The summed E-state index contributed by atoms with van der Waals surface area (Å²) in [5.41, 5.74) is 2.25. The van der Waals surface area contributed by atoms with Gasteiger partial charge in [-0.2, -0.15) is 5.26 Å². The van der Waals surface area contributed by atoms with Crippen LogP contribution in [-0.4, -0.2) is 53.9 Å². The number of hydrogen-bond donors (Lipinski definition) is 1. The van der Waals surface area contributed by atoms with Crippen molar-refractivity contribution in [2.24, 2.45) is 11.8 Å². The molecule has 2 aromatic rings. The predicted molar refractivity (Wildman–Crippen MR) is 134 cm³/mol. The molecule has 1 aromatic heterocycles. The monoisotopic (exact) mass is 502 g/mol. The van der Waals surface area contributed by atoms with Gasteiger partial charge < -0.3 is 15.0 Å². The summed E-state index contributed by atoms with van der Waals surface area (Å²) in [6, 6.07) is 9.35. The summed E-state index contributed by atoms with van der Waals surface area (Å²) in [5.74, 6) is -0.930. The molecule has 0 radical (unpaired) electrons. The summed E-state index contributed by atoms with van der Waals surface area (Å²) >= 11 is 0. The number of piperidine rings is 2. The molecule has 4 aliphatic rings. The van der Waals surface area contributed by atoms with Gasteiger partial charge in [-0.3, -0.25) is 4.79 Å². The molecule has 192 valence electrons. The smallest absolute Gasteiger partial charge is 0.358 e. The molecule has 1 aromatic carbocycles. The molecule has 4 atom stereocenters. The maximum atomic E-state index is 15.2. The van der Waals surface area contributed by atoms with E-state index in [0.717, 1.165) is 43.5 Å². The lowest BCUT2D eigenvalue weighted by Crippen LogP contribution is -2.42. The molecule has 0 amide bonds. The van der Waals surface area contributed by atoms with E-state index in [-0.39, 0.29) is 24.7 Å². The van der Waals surface area contributed by atoms with Crippen molar-refractivity contribution in [3.8, 4) is 17.2 Å². The predicted octanol–water partition coefficient (Wildman–Crippen LogP) is 3.76. The van der Waals surface area contributed by atoms with E-state index in [1.807, 2.05) is 19.2 Å². The van der Waals surface area contributed by atoms with E-state index >= 15 is 4.39 Å². The van der Waals surface area contributed by atoms with Crippen molar-refractivity contribution in [2.45, 2.75) is 62.6 Å². The van der Waals surface area contributed by atoms with E-state index in [4.69, 9.17) is 4.74 Å². The van der Waals surface area contributed by atoms with Gasteiger partial charge in [-0.25, -0.2) is 14.2 Å². The first-order chi connectivity index (χ1) is 17.8. The first-order valence-corrected chi connectivity index (χ1v) is 13.2. The molecule has 0 unspecified atom stereocenters. The number of pyridine rings is 1. The molecule has 6 rings (SSSR count). The Labute approximate surface area is 216 Å². The second kappa shape index (κ2) is 9.30. The Morgan fingerprint density at radius 3 is 2.78 bits per heavy atom. The molecule has 1 spiro atoms. The van der Waals surface area contributed by atoms with Crippen LogP contribution in [0.5, 0.6) is 0 Å². The zero-order chi connectivity index (χ0) is 25.7. The number of rotatable bonds is 6. The molecular formula is C29H31FN4O3. The first-order valence-electron chi connectivity index (χ1n) is 13.2. The van der Waals surface area contributed by atoms with Crippen LogP contribution in [0.4, 0.5) is 4.39 Å². The van der Waals surface area contributed by atoms with E-state index in [0.29, 0.717) is 41.6 Å². The van der Waals surface area contributed by atoms with Crippen molar-refractivity contribution in [1.82, 2.24) is 15.2 Å². The average molecular weight is 503 g/mol. The molecule has 8 heteroatoms. The average Bonchev–Trinajstić information content (AvgIpc) is 3.60. The number of benzene rings is 1. The van der Waals surface area contributed by atoms with Crippen LogP contribution in [0.25, 0.3) is 11.1 Å². The molecule has 2 bridgehead atoms. The van der Waals surface area contributed by atoms with Gasteiger partial charge in [0, 0.05) is 55.7 Å². The fourth-order valence-electron chi connectivity index (χ4n) is 6.67. The van der Waals surface area contributed by atoms with E-state index < -0.39 is 23.3 Å². The molecule has 7 nitrogen and oxygen atoms in total. The molecule has 4 heterocycles. The highest BCUT2D eigenvalue weighted by Gasteiger charge is 2.48. The molecule has 37 heavy (non-hydrogen) atoms. The van der Waals surface area contributed by atoms with Gasteiger partial charge in [-0.1, -0.05) is 12.1 Å². The Morgan fingerprint density at radius 1 is 1.30 bits per heavy atom. The lowest BCUT2D eigenvalue weighted by molar-refractivity contribution is -0.122. The maximum Gasteiger partial charge on any atom is 0.358 e. The number of ketones is 1. The number of hydrogen-bond acceptors (Lipinski definition) is 7. The Kier molecular flexibility index (Phi) is 6.09. The zero-order valence-electron chi connectivity index (χ0n) is 21.0. The van der Waals surface area contributed by atoms with Gasteiger partial charge in [0.1, 0.15) is 11.4 Å². The molecule has 3 aliphatic heterocycles. The first kappa shape index (κ1) is 24.2. The maximum absolute atomic E-state index is 15.2. The van der Waals surface area contributed by atoms with Gasteiger partial charge in [0.15, 0.2) is 11.5 Å². The number of carbonyl (C=O) groups excluding carboxylic acids is 2. The van der Waals surface area contributed by atoms with Crippen molar-refractivity contribution in [3.05, 3.63) is 53.1 Å². The minimum Gasteiger partial charge on any atom is -0.449 e. The molecule has 1 aliphatic carbocycles. The molecule has 2 saturated heterocycles. The highest BCUT2D eigenvalue weighted by molar-refractivity contribution is 5.93. The number of ether oxygens (including phenoxy) is 1. The SMILES string of the molecule is CN1CCC2(CC1)OC(=O)c1ncc(-c3ccc(C[C@@H](C#N)CC(=O)[C@H]4N[C@@H]5CC[C@H]4C5)c(F)c3)cc12. The number of likely N-dealkylation sites (tertiary alicyclic amines) is 1. The van der Waals surface area contributed by atoms with Crippen molar-refractivity contribution in [2.75, 3.05) is 20.1 Å². The Morgan fingerprint density at radius 2 is 2.11 bits per heavy atom. The summed E-state index contributed by atoms with van der Waals surface area (Å²) in [6.45, 7) is 1.64. The van der Waals surface area contributed by atoms with Crippen molar-refractivity contribution in [3.63, 3.8) is 0 Å². The van der Waals surface area contributed by atoms with Crippen LogP contribution < -0.4 is 5.32 Å². The van der Waals surface area contributed by atoms with Crippen molar-refractivity contribution >= 4 is 11.8 Å². The standard InChI is InChI=1S/C29H31FN4O3/c1-34-8-6-29(7-9-34)23-13-21(16-32-27(23)28(36)37-29)18-2-3-19(24(30)14-18)10-17(15-31)11-25(35)26-20-4-5-22(12-20)33-26/h2-3,13-14,16-17,20,22,26,33H,4-12H2,1H3/t17-,20+,22-,26+/m1/s1. The van der Waals surface area contributed by atoms with Gasteiger partial charge in [0.05, 0.1) is 18.0 Å². The van der Waals surface area contributed by atoms with Crippen LogP contribution in [0, 0.1) is 29.0 Å². The highest BCUT2D eigenvalue weighted by atomic mass is 19.1. The number of Topliss-reactive ketones (excluding diaryl/α,β-unsaturated/α-hetero) is 1. The summed E-state index contributed by atoms with van der Waals surface area (Å²) < 4.78 is 21.0. The number of carbonyl (C=O) groups is 2. The number of nitriles is 1. The third-order valence-electron chi connectivity index (χ3n) is 8.84. The number of aromatic nitrogens is 1. The fourth-order valence-corrected chi connectivity index (χ4v) is 6.67. The van der Waals surface area contributed by atoms with Gasteiger partial charge >= 0.3 is 5.97 Å². The number of nitrogens with one attached hydrogen (secondary N) is 1. The van der Waals surface area contributed by atoms with E-state index in [1.165, 1.54) is 6.07 Å². The van der Waals surface area contributed by atoms with Crippen LogP contribution in [0.1, 0.15) is 60.1 Å². The third kappa shape index (κ3) is 4.34. The van der Waals surface area contributed by atoms with Crippen LogP contribution in [0.15, 0.2) is 30.5 Å². The normalized spacial score (nSPS) is 26.6. The number of fused-ring (bicyclic) bond motifs is 4. The van der Waals surface area contributed by atoms with Crippen LogP contribution in [0.2, 0.25) is 0 Å². The van der Waals surface area contributed by atoms with Gasteiger partial charge in [-0.05, 0) is 61.9 Å². The largest absolute Gasteiger partial charge is 0.449 e. The quantitative estimate of drug-likeness (QED) is 0.601. The summed E-state index contributed by atoms with van der Waals surface area (Å²) in [7, 11) is 2.05. The second-order valence-electron chi connectivity index (χ2n) is 11.2. The van der Waals surface area contributed by atoms with Crippen LogP contribution >= 0.6 is 0 Å². The highest BCUT2D eigenvalue weighted by Crippen LogP contribution is 2.44. The van der Waals surface area contributed by atoms with Gasteiger partial charge in [0.2, 0.25) is 0 Å². The molecular weight excluding hydrogens is 471 g/mol. The Hall–Kier alpha value is -3.15. The molecule has 1 saturated carbocycles. The Bertz CT molecular complexity index is 1300. The summed E-state index contributed by atoms with van der Waals surface area (Å²) in [6.07, 6.45) is 6.54. The minimum atomic E-state index is -0.666. The lowest BCUT2D eigenvalue weighted by atomic mass is 9.84. The number of halogens is 1. The van der Waals surface area contributed by atoms with Crippen molar-refractivity contribution in [1.29, 1.82) is 5.26 Å². The van der Waals surface area contributed by atoms with Gasteiger partial charge in [-0.15, -0.1) is 0 Å². The zero-order valence-corrected chi connectivity index (χ0v) is 21.0. The van der Waals surface area contributed by atoms with Crippen LogP contribution in [-0.2, 0) is 21.6 Å². The Balaban J connectivity index is 1.18. The summed E-state index contributed by atoms with van der Waals surface area (Å²) in [4.78, 5) is 31.9. The topological polar surface area (TPSA) is 95.3 Å². The summed E-state index contributed by atoms with van der Waals surface area (Å²) in [5, 5.41) is 13.1. The van der Waals surface area contributed by atoms with E-state index in [9.17, 15) is 14.9 Å². The minimum absolute atomic E-state index is 0.0691. The molecule has 1 N–H and O–H groups in total. The fraction of sp³-hybridized carbons (Fsp3) is 0.517. The molecule has 3 fully saturated rings. The number of esters is 1.